The third-order valence-corrected chi connectivity index (χ3v) is 7.36. The zero-order chi connectivity index (χ0) is 22.7. The Labute approximate surface area is 190 Å². The van der Waals surface area contributed by atoms with Crippen LogP contribution in [0.2, 0.25) is 0 Å². The molecule has 0 radical (unpaired) electrons. The first-order valence-corrected chi connectivity index (χ1v) is 11.7. The largest absolute Gasteiger partial charge is 0.487 e. The number of nitrogens with zero attached hydrogens (tertiary/aromatic N) is 3. The number of fused-ring (bicyclic) bond motifs is 3. The number of nitrogens with one attached hydrogen (secondary N) is 1. The third-order valence-electron chi connectivity index (χ3n) is 7.36. The molecule has 0 bridgehead atoms. The highest BCUT2D eigenvalue weighted by Gasteiger charge is 2.55. The van der Waals surface area contributed by atoms with Gasteiger partial charge in [-0.05, 0) is 52.7 Å². The molecule has 1 N–H and O–H groups in total. The molecule has 3 aliphatic rings. The minimum absolute atomic E-state index is 0.0128. The monoisotopic (exact) mass is 438 g/mol. The lowest BCUT2D eigenvalue weighted by Gasteiger charge is -2.58. The minimum Gasteiger partial charge on any atom is -0.487 e. The predicted octanol–water partition coefficient (Wildman–Crippen LogP) is 3.71. The number of aryl methyl sites for hydroxylation is 3. The van der Waals surface area contributed by atoms with Crippen molar-refractivity contribution in [2.75, 3.05) is 31.6 Å². The molecule has 32 heavy (non-hydrogen) atoms. The van der Waals surface area contributed by atoms with Gasteiger partial charge >= 0.3 is 0 Å². The van der Waals surface area contributed by atoms with Gasteiger partial charge in [-0.15, -0.1) is 0 Å². The second-order valence-corrected chi connectivity index (χ2v) is 10.5. The van der Waals surface area contributed by atoms with Crippen LogP contribution in [0.25, 0.3) is 0 Å². The van der Waals surface area contributed by atoms with Crippen LogP contribution in [0.15, 0.2) is 24.4 Å². The Bertz CT molecular complexity index is 1040. The van der Waals surface area contributed by atoms with Crippen LogP contribution in [-0.2, 0) is 16.1 Å². The van der Waals surface area contributed by atoms with E-state index in [9.17, 15) is 4.79 Å². The number of hydrogen-bond acceptors (Lipinski definition) is 5. The van der Waals surface area contributed by atoms with Gasteiger partial charge in [-0.1, -0.05) is 12.1 Å². The molecular weight excluding hydrogens is 404 g/mol. The van der Waals surface area contributed by atoms with E-state index in [4.69, 9.17) is 9.47 Å². The summed E-state index contributed by atoms with van der Waals surface area (Å²) in [6, 6.07) is 6.42. The summed E-state index contributed by atoms with van der Waals surface area (Å²) < 4.78 is 14.8. The number of hydrogen-bond donors (Lipinski definition) is 1. The van der Waals surface area contributed by atoms with Gasteiger partial charge in [-0.25, -0.2) is 0 Å². The molecule has 7 heteroatoms. The van der Waals surface area contributed by atoms with Gasteiger partial charge in [0, 0.05) is 42.7 Å². The van der Waals surface area contributed by atoms with Gasteiger partial charge in [0.2, 0.25) is 5.91 Å². The summed E-state index contributed by atoms with van der Waals surface area (Å²) in [5.74, 6) is 1.27. The maximum Gasteiger partial charge on any atom is 0.238 e. The summed E-state index contributed by atoms with van der Waals surface area (Å²) in [6.45, 7) is 14.1. The van der Waals surface area contributed by atoms with Crippen molar-refractivity contribution in [2.45, 2.75) is 59.3 Å². The van der Waals surface area contributed by atoms with Crippen LogP contribution < -0.4 is 10.1 Å². The molecule has 1 aromatic heterocycles. The van der Waals surface area contributed by atoms with E-state index in [2.05, 4.69) is 54.3 Å². The van der Waals surface area contributed by atoms with E-state index in [0.717, 1.165) is 49.8 Å². The molecule has 2 atom stereocenters. The van der Waals surface area contributed by atoms with Gasteiger partial charge in [0.25, 0.3) is 0 Å². The van der Waals surface area contributed by atoms with E-state index in [1.165, 1.54) is 11.1 Å². The minimum atomic E-state index is -0.284. The number of anilines is 1. The fourth-order valence-corrected chi connectivity index (χ4v) is 5.69. The number of ether oxygens (including phenoxy) is 2. The summed E-state index contributed by atoms with van der Waals surface area (Å²) in [4.78, 5) is 14.8. The Balaban J connectivity index is 1.21. The molecule has 7 nitrogen and oxygen atoms in total. The number of carbonyl (C=O) groups excluding carboxylic acids is 1. The molecule has 0 aliphatic carbocycles. The number of rotatable bonds is 4. The van der Waals surface area contributed by atoms with Crippen LogP contribution in [0.3, 0.4) is 0 Å². The van der Waals surface area contributed by atoms with Crippen molar-refractivity contribution in [3.05, 3.63) is 41.2 Å². The lowest BCUT2D eigenvalue weighted by atomic mass is 9.64. The van der Waals surface area contributed by atoms with Crippen LogP contribution in [-0.4, -0.2) is 52.4 Å². The molecule has 2 saturated heterocycles. The first-order chi connectivity index (χ1) is 15.2. The summed E-state index contributed by atoms with van der Waals surface area (Å²) in [5, 5.41) is 7.41. The lowest BCUT2D eigenvalue weighted by molar-refractivity contribution is -0.198. The Kier molecular flexibility index (Phi) is 5.09. The van der Waals surface area contributed by atoms with Gasteiger partial charge in [-0.2, -0.15) is 5.10 Å². The van der Waals surface area contributed by atoms with E-state index >= 15 is 0 Å². The van der Waals surface area contributed by atoms with Crippen LogP contribution in [0.5, 0.6) is 5.75 Å². The average Bonchev–Trinajstić information content (AvgIpc) is 3.06. The average molecular weight is 439 g/mol. The molecule has 0 unspecified atom stereocenters. The molecule has 2 fully saturated rings. The molecule has 0 saturated carbocycles. The second-order valence-electron chi connectivity index (χ2n) is 10.5. The number of amides is 1. The van der Waals surface area contributed by atoms with E-state index in [1.54, 1.807) is 0 Å². The third kappa shape index (κ3) is 3.71. The highest BCUT2D eigenvalue weighted by Crippen LogP contribution is 2.55. The highest BCUT2D eigenvalue weighted by atomic mass is 16.5. The van der Waals surface area contributed by atoms with Gasteiger partial charge in [0.05, 0.1) is 30.6 Å². The van der Waals surface area contributed by atoms with Crippen LogP contribution in [0.1, 0.15) is 50.1 Å². The molecule has 3 aliphatic heterocycles. The molecule has 4 heterocycles. The summed E-state index contributed by atoms with van der Waals surface area (Å²) in [6.07, 6.45) is 3.03. The topological polar surface area (TPSA) is 68.6 Å². The van der Waals surface area contributed by atoms with E-state index in [1.807, 2.05) is 24.7 Å². The summed E-state index contributed by atoms with van der Waals surface area (Å²) >= 11 is 0. The molecule has 2 aromatic rings. The van der Waals surface area contributed by atoms with Crippen molar-refractivity contribution in [2.24, 2.45) is 11.3 Å². The van der Waals surface area contributed by atoms with Crippen LogP contribution >= 0.6 is 0 Å². The van der Waals surface area contributed by atoms with Crippen molar-refractivity contribution < 1.29 is 14.3 Å². The molecule has 1 spiro atoms. The Hall–Kier alpha value is -2.38. The number of likely N-dealkylation sites (tertiary alicyclic amines) is 1. The summed E-state index contributed by atoms with van der Waals surface area (Å²) in [7, 11) is 0. The van der Waals surface area contributed by atoms with E-state index in [0.29, 0.717) is 12.5 Å². The van der Waals surface area contributed by atoms with Crippen LogP contribution in [0.4, 0.5) is 5.69 Å². The van der Waals surface area contributed by atoms with Crippen molar-refractivity contribution >= 4 is 11.6 Å². The zero-order valence-corrected chi connectivity index (χ0v) is 19.8. The van der Waals surface area contributed by atoms with Gasteiger partial charge < -0.3 is 14.8 Å². The molecule has 5 rings (SSSR count). The first-order valence-electron chi connectivity index (χ1n) is 11.7. The maximum atomic E-state index is 12.6. The fourth-order valence-electron chi connectivity index (χ4n) is 5.69. The Morgan fingerprint density at radius 3 is 2.78 bits per heavy atom. The molecule has 172 valence electrons. The Morgan fingerprint density at radius 1 is 1.28 bits per heavy atom. The predicted molar refractivity (Wildman–Crippen MR) is 123 cm³/mol. The van der Waals surface area contributed by atoms with Crippen molar-refractivity contribution in [1.29, 1.82) is 0 Å². The van der Waals surface area contributed by atoms with E-state index in [-0.39, 0.29) is 23.0 Å². The fraction of sp³-hybridized carbons (Fsp3) is 0.600. The zero-order valence-electron chi connectivity index (χ0n) is 19.8. The molecule has 1 aromatic carbocycles. The molecule has 1 amide bonds. The van der Waals surface area contributed by atoms with Crippen molar-refractivity contribution in [3.63, 3.8) is 0 Å². The normalized spacial score (nSPS) is 25.4. The standard InChI is InChI=1S/C25H34N4O3/c1-6-29-11-20(17(3)27-29)26-22(30)12-28-13-25(14-28)10-19-23(31-15-25)18-8-7-16(2)9-21(18)32-24(19,4)5/h7-9,11,19,23H,6,10,12-15H2,1-5H3,(H,26,30)/t19-,23+/m0/s1. The number of aromatic nitrogens is 2. The summed E-state index contributed by atoms with van der Waals surface area (Å²) in [5.41, 5.74) is 3.85. The van der Waals surface area contributed by atoms with Crippen molar-refractivity contribution in [1.82, 2.24) is 14.7 Å². The smallest absolute Gasteiger partial charge is 0.238 e. The molecular formula is C25H34N4O3. The highest BCUT2D eigenvalue weighted by molar-refractivity contribution is 5.92. The number of benzene rings is 1. The van der Waals surface area contributed by atoms with E-state index < -0.39 is 0 Å². The second kappa shape index (κ2) is 7.59. The van der Waals surface area contributed by atoms with Gasteiger partial charge in [0.1, 0.15) is 11.4 Å². The lowest BCUT2D eigenvalue weighted by Crippen LogP contribution is -2.64. The Morgan fingerprint density at radius 2 is 2.06 bits per heavy atom. The van der Waals surface area contributed by atoms with Gasteiger partial charge in [-0.3, -0.25) is 14.4 Å². The first kappa shape index (κ1) is 21.5. The number of carbonyl (C=O) groups is 1. The van der Waals surface area contributed by atoms with Crippen LogP contribution in [0, 0.1) is 25.2 Å². The quantitative estimate of drug-likeness (QED) is 0.788. The maximum absolute atomic E-state index is 12.6. The SMILES string of the molecule is CCn1cc(NC(=O)CN2CC3(CO[C@@H]4c5ccc(C)cc5OC(C)(C)[C@H]4C3)C2)c(C)n1. The van der Waals surface area contributed by atoms with Crippen molar-refractivity contribution in [3.8, 4) is 5.75 Å². The van der Waals surface area contributed by atoms with Gasteiger partial charge in [0.15, 0.2) is 0 Å².